The lowest BCUT2D eigenvalue weighted by atomic mass is 10.1. The molecule has 1 aliphatic rings. The smallest absolute Gasteiger partial charge is 0.254 e. The van der Waals surface area contributed by atoms with Gasteiger partial charge in [0.1, 0.15) is 6.54 Å². The van der Waals surface area contributed by atoms with Crippen molar-refractivity contribution in [2.45, 2.75) is 13.8 Å². The fraction of sp³-hybridized carbons (Fsp3) is 0.357. The van der Waals surface area contributed by atoms with Crippen LogP contribution in [0.3, 0.4) is 0 Å². The monoisotopic (exact) mass is 503 g/mol. The lowest BCUT2D eigenvalue weighted by molar-refractivity contribution is -0.132. The van der Waals surface area contributed by atoms with Crippen LogP contribution in [0.2, 0.25) is 0 Å². The number of anilines is 1. The quantitative estimate of drug-likeness (QED) is 0.466. The third-order valence-electron chi connectivity index (χ3n) is 6.66. The van der Waals surface area contributed by atoms with Crippen LogP contribution in [0, 0.1) is 6.92 Å². The number of ether oxygens (including phenoxy) is 2. The van der Waals surface area contributed by atoms with E-state index in [1.807, 2.05) is 67.3 Å². The predicted molar refractivity (Wildman–Crippen MR) is 142 cm³/mol. The number of piperazine rings is 1. The number of likely N-dealkylation sites (N-methyl/N-ethyl adjacent to an activating group) is 1. The molecule has 0 N–H and O–H groups in total. The first-order chi connectivity index (χ1) is 17.9. The first kappa shape index (κ1) is 25.9. The van der Waals surface area contributed by atoms with Crippen LogP contribution in [-0.2, 0) is 4.79 Å². The summed E-state index contributed by atoms with van der Waals surface area (Å²) in [4.78, 5) is 31.5. The molecule has 2 heterocycles. The van der Waals surface area contributed by atoms with Crippen LogP contribution in [0.5, 0.6) is 11.5 Å². The van der Waals surface area contributed by atoms with Gasteiger partial charge in [-0.15, -0.1) is 10.2 Å². The summed E-state index contributed by atoms with van der Waals surface area (Å²) < 4.78 is 10.7. The lowest BCUT2D eigenvalue weighted by Gasteiger charge is -2.36. The molecule has 1 aliphatic heterocycles. The molecule has 194 valence electrons. The Morgan fingerprint density at radius 1 is 0.919 bits per heavy atom. The standard InChI is InChI=1S/C28H33N5O4/c1-5-31(28(35)22-9-7-6-8-20(22)2)19-27(34)33-16-14-32(15-17-33)26-13-11-23(29-30-26)21-10-12-24(36-3)25(18-21)37-4/h6-13,18H,5,14-17,19H2,1-4H3. The van der Waals surface area contributed by atoms with Crippen LogP contribution in [0.4, 0.5) is 5.82 Å². The maximum Gasteiger partial charge on any atom is 0.254 e. The van der Waals surface area contributed by atoms with Crippen molar-refractivity contribution in [3.05, 3.63) is 65.7 Å². The number of nitrogens with zero attached hydrogens (tertiary/aromatic N) is 5. The third kappa shape index (κ3) is 5.82. The highest BCUT2D eigenvalue weighted by Crippen LogP contribution is 2.31. The zero-order valence-electron chi connectivity index (χ0n) is 21.8. The highest BCUT2D eigenvalue weighted by Gasteiger charge is 2.25. The summed E-state index contributed by atoms with van der Waals surface area (Å²) in [6.07, 6.45) is 0. The Kier molecular flexibility index (Phi) is 8.22. The Bertz CT molecular complexity index is 1240. The summed E-state index contributed by atoms with van der Waals surface area (Å²) in [5, 5.41) is 8.82. The molecular weight excluding hydrogens is 470 g/mol. The maximum atomic E-state index is 13.0. The molecule has 1 fully saturated rings. The van der Waals surface area contributed by atoms with Crippen LogP contribution in [0.15, 0.2) is 54.6 Å². The Hall–Kier alpha value is -4.14. The SMILES string of the molecule is CCN(CC(=O)N1CCN(c2ccc(-c3ccc(OC)c(OC)c3)nn2)CC1)C(=O)c1ccccc1C. The first-order valence-electron chi connectivity index (χ1n) is 12.4. The largest absolute Gasteiger partial charge is 0.493 e. The minimum atomic E-state index is -0.113. The summed E-state index contributed by atoms with van der Waals surface area (Å²) in [6.45, 7) is 6.77. The average Bonchev–Trinajstić information content (AvgIpc) is 2.95. The topological polar surface area (TPSA) is 88.1 Å². The number of benzene rings is 2. The van der Waals surface area contributed by atoms with Gasteiger partial charge in [0.15, 0.2) is 17.3 Å². The van der Waals surface area contributed by atoms with E-state index in [2.05, 4.69) is 15.1 Å². The number of aryl methyl sites for hydroxylation is 1. The third-order valence-corrected chi connectivity index (χ3v) is 6.66. The van der Waals surface area contributed by atoms with Crippen LogP contribution < -0.4 is 14.4 Å². The van der Waals surface area contributed by atoms with Crippen molar-refractivity contribution in [1.29, 1.82) is 0 Å². The van der Waals surface area contributed by atoms with Gasteiger partial charge in [-0.25, -0.2) is 0 Å². The fourth-order valence-electron chi connectivity index (χ4n) is 4.40. The van der Waals surface area contributed by atoms with E-state index in [4.69, 9.17) is 9.47 Å². The number of aromatic nitrogens is 2. The van der Waals surface area contributed by atoms with E-state index in [1.165, 1.54) is 0 Å². The van der Waals surface area contributed by atoms with Gasteiger partial charge in [-0.05, 0) is 55.8 Å². The molecule has 37 heavy (non-hydrogen) atoms. The molecule has 3 aromatic rings. The number of methoxy groups -OCH3 is 2. The van der Waals surface area contributed by atoms with E-state index in [0.717, 1.165) is 22.6 Å². The summed E-state index contributed by atoms with van der Waals surface area (Å²) >= 11 is 0. The Morgan fingerprint density at radius 2 is 1.65 bits per heavy atom. The molecule has 9 heteroatoms. The second-order valence-electron chi connectivity index (χ2n) is 8.85. The van der Waals surface area contributed by atoms with Crippen molar-refractivity contribution in [2.24, 2.45) is 0 Å². The molecule has 2 aromatic carbocycles. The van der Waals surface area contributed by atoms with Crippen LogP contribution in [-0.4, -0.2) is 85.3 Å². The van der Waals surface area contributed by atoms with Gasteiger partial charge >= 0.3 is 0 Å². The number of rotatable bonds is 8. The molecule has 0 unspecified atom stereocenters. The zero-order chi connectivity index (χ0) is 26.4. The van der Waals surface area contributed by atoms with E-state index in [1.54, 1.807) is 25.2 Å². The van der Waals surface area contributed by atoms with E-state index < -0.39 is 0 Å². The van der Waals surface area contributed by atoms with E-state index >= 15 is 0 Å². The predicted octanol–water partition coefficient (Wildman–Crippen LogP) is 3.28. The van der Waals surface area contributed by atoms with E-state index in [9.17, 15) is 9.59 Å². The number of hydrogen-bond acceptors (Lipinski definition) is 7. The maximum absolute atomic E-state index is 13.0. The van der Waals surface area contributed by atoms with Crippen LogP contribution >= 0.6 is 0 Å². The molecule has 4 rings (SSSR count). The van der Waals surface area contributed by atoms with Crippen molar-refractivity contribution >= 4 is 17.6 Å². The van der Waals surface area contributed by atoms with Gasteiger partial charge in [-0.3, -0.25) is 9.59 Å². The van der Waals surface area contributed by atoms with Crippen molar-refractivity contribution < 1.29 is 19.1 Å². The molecular formula is C28H33N5O4. The Labute approximate surface area is 217 Å². The van der Waals surface area contributed by atoms with Crippen molar-refractivity contribution in [3.8, 4) is 22.8 Å². The van der Waals surface area contributed by atoms with Gasteiger partial charge in [0.25, 0.3) is 5.91 Å². The van der Waals surface area contributed by atoms with E-state index in [0.29, 0.717) is 49.8 Å². The summed E-state index contributed by atoms with van der Waals surface area (Å²) in [6, 6.07) is 17.0. The molecule has 9 nitrogen and oxygen atoms in total. The molecule has 1 saturated heterocycles. The van der Waals surface area contributed by atoms with Gasteiger partial charge in [-0.2, -0.15) is 0 Å². The number of carbonyl (C=O) groups is 2. The number of hydrogen-bond donors (Lipinski definition) is 0. The van der Waals surface area contributed by atoms with Crippen LogP contribution in [0.1, 0.15) is 22.8 Å². The fourth-order valence-corrected chi connectivity index (χ4v) is 4.40. The molecule has 0 aliphatic carbocycles. The Morgan fingerprint density at radius 3 is 2.27 bits per heavy atom. The summed E-state index contributed by atoms with van der Waals surface area (Å²) in [5.41, 5.74) is 3.16. The molecule has 0 spiro atoms. The number of carbonyl (C=O) groups excluding carboxylic acids is 2. The molecule has 0 radical (unpaired) electrons. The van der Waals surface area contributed by atoms with Gasteiger partial charge < -0.3 is 24.2 Å². The molecule has 1 aromatic heterocycles. The highest BCUT2D eigenvalue weighted by molar-refractivity contribution is 5.97. The second-order valence-corrected chi connectivity index (χ2v) is 8.85. The molecule has 2 amide bonds. The zero-order valence-corrected chi connectivity index (χ0v) is 21.8. The van der Waals surface area contributed by atoms with Gasteiger partial charge in [0.05, 0.1) is 19.9 Å². The van der Waals surface area contributed by atoms with Gasteiger partial charge in [-0.1, -0.05) is 18.2 Å². The molecule has 0 bridgehead atoms. The summed E-state index contributed by atoms with van der Waals surface area (Å²) in [5.74, 6) is 1.90. The van der Waals surface area contributed by atoms with Crippen LogP contribution in [0.25, 0.3) is 11.3 Å². The van der Waals surface area contributed by atoms with Crippen molar-refractivity contribution in [2.75, 3.05) is 58.4 Å². The summed E-state index contributed by atoms with van der Waals surface area (Å²) in [7, 11) is 3.20. The average molecular weight is 504 g/mol. The van der Waals surface area contributed by atoms with Gasteiger partial charge in [0.2, 0.25) is 5.91 Å². The van der Waals surface area contributed by atoms with Crippen molar-refractivity contribution in [3.63, 3.8) is 0 Å². The minimum Gasteiger partial charge on any atom is -0.493 e. The molecule has 0 atom stereocenters. The lowest BCUT2D eigenvalue weighted by Crippen LogP contribution is -2.52. The second kappa shape index (κ2) is 11.7. The first-order valence-corrected chi connectivity index (χ1v) is 12.4. The number of amides is 2. The van der Waals surface area contributed by atoms with Gasteiger partial charge in [0, 0.05) is 43.9 Å². The van der Waals surface area contributed by atoms with E-state index in [-0.39, 0.29) is 18.4 Å². The normalized spacial score (nSPS) is 13.3. The highest BCUT2D eigenvalue weighted by atomic mass is 16.5. The van der Waals surface area contributed by atoms with Crippen molar-refractivity contribution in [1.82, 2.24) is 20.0 Å². The molecule has 0 saturated carbocycles. The Balaban J connectivity index is 1.34. The minimum absolute atomic E-state index is 0.0432.